The standard InChI is InChI=1S/C15H12F2O6S/c1-10-4-2-3-5-13(10)22-11-6-8-12(9-7-11)23-14(18)15(16,17)24(19,20)21/h2-9H,1H3,(H,19,20,21). The number of carbonyl (C=O) groups excluding carboxylic acids is 1. The van der Waals surface area contributed by atoms with Crippen molar-refractivity contribution < 1.29 is 36.0 Å². The summed E-state index contributed by atoms with van der Waals surface area (Å²) in [6, 6.07) is 12.2. The highest BCUT2D eigenvalue weighted by atomic mass is 32.2. The van der Waals surface area contributed by atoms with E-state index in [-0.39, 0.29) is 5.75 Å². The molecule has 0 aliphatic heterocycles. The quantitative estimate of drug-likeness (QED) is 0.502. The molecule has 0 aromatic heterocycles. The molecule has 1 N–H and O–H groups in total. The van der Waals surface area contributed by atoms with E-state index in [1.54, 1.807) is 12.1 Å². The molecule has 0 radical (unpaired) electrons. The first kappa shape index (κ1) is 17.8. The Bertz CT molecular complexity index is 847. The van der Waals surface area contributed by atoms with Gasteiger partial charge in [-0.3, -0.25) is 4.55 Å². The van der Waals surface area contributed by atoms with Crippen molar-refractivity contribution in [2.75, 3.05) is 0 Å². The summed E-state index contributed by atoms with van der Waals surface area (Å²) in [6.45, 7) is 1.84. The molecule has 24 heavy (non-hydrogen) atoms. The number of alkyl halides is 2. The second-order valence-electron chi connectivity index (χ2n) is 4.72. The fourth-order valence-corrected chi connectivity index (χ4v) is 1.90. The molecular formula is C15H12F2O6S. The fourth-order valence-electron chi connectivity index (χ4n) is 1.65. The second-order valence-corrected chi connectivity index (χ2v) is 6.18. The summed E-state index contributed by atoms with van der Waals surface area (Å²) in [5.74, 6) is -1.80. The Hall–Kier alpha value is -2.52. The van der Waals surface area contributed by atoms with Crippen LogP contribution in [0, 0.1) is 6.92 Å². The summed E-state index contributed by atoms with van der Waals surface area (Å²) in [5.41, 5.74) is 0.876. The number of carbonyl (C=O) groups is 1. The highest BCUT2D eigenvalue weighted by Gasteiger charge is 2.54. The van der Waals surface area contributed by atoms with E-state index in [2.05, 4.69) is 4.74 Å². The van der Waals surface area contributed by atoms with Crippen molar-refractivity contribution in [3.63, 3.8) is 0 Å². The number of aryl methyl sites for hydroxylation is 1. The molecule has 0 saturated heterocycles. The molecular weight excluding hydrogens is 346 g/mol. The Morgan fingerprint density at radius 1 is 1.04 bits per heavy atom. The Labute approximate surface area is 136 Å². The summed E-state index contributed by atoms with van der Waals surface area (Å²) in [7, 11) is -5.91. The highest BCUT2D eigenvalue weighted by Crippen LogP contribution is 2.28. The maximum Gasteiger partial charge on any atom is 0.466 e. The molecule has 0 aliphatic carbocycles. The Morgan fingerprint density at radius 2 is 1.58 bits per heavy atom. The third kappa shape index (κ3) is 3.87. The van der Waals surface area contributed by atoms with Crippen LogP contribution < -0.4 is 9.47 Å². The molecule has 128 valence electrons. The van der Waals surface area contributed by atoms with E-state index in [9.17, 15) is 22.0 Å². The molecule has 6 nitrogen and oxygen atoms in total. The minimum Gasteiger partial charge on any atom is -0.457 e. The Balaban J connectivity index is 2.10. The molecule has 0 aliphatic rings. The number of halogens is 2. The van der Waals surface area contributed by atoms with Gasteiger partial charge in [-0.05, 0) is 42.8 Å². The van der Waals surface area contributed by atoms with Gasteiger partial charge in [-0.25, -0.2) is 4.79 Å². The van der Waals surface area contributed by atoms with E-state index in [0.717, 1.165) is 17.7 Å². The van der Waals surface area contributed by atoms with E-state index < -0.39 is 21.3 Å². The lowest BCUT2D eigenvalue weighted by atomic mass is 10.2. The fraction of sp³-hybridized carbons (Fsp3) is 0.133. The second kappa shape index (κ2) is 6.54. The number of ether oxygens (including phenoxy) is 2. The first-order chi connectivity index (χ1) is 11.1. The molecule has 0 saturated carbocycles. The van der Waals surface area contributed by atoms with Crippen LogP contribution >= 0.6 is 0 Å². The largest absolute Gasteiger partial charge is 0.466 e. The number of benzene rings is 2. The first-order valence-corrected chi connectivity index (χ1v) is 7.96. The van der Waals surface area contributed by atoms with E-state index in [1.165, 1.54) is 12.1 Å². The zero-order chi connectivity index (χ0) is 18.0. The summed E-state index contributed by atoms with van der Waals surface area (Å²) < 4.78 is 65.2. The van der Waals surface area contributed by atoms with Gasteiger partial charge in [0.15, 0.2) is 0 Å². The van der Waals surface area contributed by atoms with E-state index in [0.29, 0.717) is 11.5 Å². The van der Waals surface area contributed by atoms with Crippen molar-refractivity contribution in [1.82, 2.24) is 0 Å². The van der Waals surface area contributed by atoms with Gasteiger partial charge in [0.2, 0.25) is 0 Å². The van der Waals surface area contributed by atoms with Crippen LogP contribution in [0.5, 0.6) is 17.2 Å². The van der Waals surface area contributed by atoms with Crippen LogP contribution in [-0.2, 0) is 14.9 Å². The molecule has 0 amide bonds. The molecule has 0 unspecified atom stereocenters. The molecule has 9 heteroatoms. The third-order valence-corrected chi connectivity index (χ3v) is 3.73. The molecule has 2 aromatic carbocycles. The van der Waals surface area contributed by atoms with Crippen LogP contribution in [0.25, 0.3) is 0 Å². The Morgan fingerprint density at radius 3 is 2.12 bits per heavy atom. The summed E-state index contributed by atoms with van der Waals surface area (Å²) in [5, 5.41) is -5.05. The lowest BCUT2D eigenvalue weighted by molar-refractivity contribution is -0.151. The minimum atomic E-state index is -5.91. The normalized spacial score (nSPS) is 11.8. The number of hydrogen-bond acceptors (Lipinski definition) is 5. The van der Waals surface area contributed by atoms with Crippen molar-refractivity contribution >= 4 is 16.1 Å². The van der Waals surface area contributed by atoms with Gasteiger partial charge in [-0.15, -0.1) is 0 Å². The zero-order valence-corrected chi connectivity index (χ0v) is 13.1. The predicted molar refractivity (Wildman–Crippen MR) is 79.8 cm³/mol. The van der Waals surface area contributed by atoms with Crippen molar-refractivity contribution in [3.05, 3.63) is 54.1 Å². The highest BCUT2D eigenvalue weighted by molar-refractivity contribution is 7.87. The molecule has 0 fully saturated rings. The summed E-state index contributed by atoms with van der Waals surface area (Å²) in [4.78, 5) is 11.2. The average Bonchev–Trinajstić information content (AvgIpc) is 2.50. The van der Waals surface area contributed by atoms with Crippen LogP contribution in [0.2, 0.25) is 0 Å². The van der Waals surface area contributed by atoms with Crippen LogP contribution in [-0.4, -0.2) is 24.2 Å². The molecule has 0 bridgehead atoms. The number of esters is 1. The van der Waals surface area contributed by atoms with Crippen LogP contribution in [0.3, 0.4) is 0 Å². The Kier molecular flexibility index (Phi) is 4.86. The molecule has 2 rings (SSSR count). The SMILES string of the molecule is Cc1ccccc1Oc1ccc(OC(=O)C(F)(F)S(=O)(=O)O)cc1. The third-order valence-electron chi connectivity index (χ3n) is 2.92. The van der Waals surface area contributed by atoms with Crippen molar-refractivity contribution in [2.45, 2.75) is 12.2 Å². The topological polar surface area (TPSA) is 89.9 Å². The first-order valence-electron chi connectivity index (χ1n) is 6.52. The summed E-state index contributed by atoms with van der Waals surface area (Å²) >= 11 is 0. The smallest absolute Gasteiger partial charge is 0.457 e. The van der Waals surface area contributed by atoms with Gasteiger partial charge in [0.1, 0.15) is 17.2 Å². The molecule has 0 atom stereocenters. The monoisotopic (exact) mass is 358 g/mol. The minimum absolute atomic E-state index is 0.333. The van der Waals surface area contributed by atoms with Crippen molar-refractivity contribution in [3.8, 4) is 17.2 Å². The summed E-state index contributed by atoms with van der Waals surface area (Å²) in [6.07, 6.45) is 0. The number of rotatable bonds is 5. The number of para-hydroxylation sites is 1. The van der Waals surface area contributed by atoms with Gasteiger partial charge < -0.3 is 9.47 Å². The van der Waals surface area contributed by atoms with Crippen LogP contribution in [0.1, 0.15) is 5.56 Å². The van der Waals surface area contributed by atoms with E-state index in [1.807, 2.05) is 19.1 Å². The van der Waals surface area contributed by atoms with Gasteiger partial charge in [0.05, 0.1) is 0 Å². The van der Waals surface area contributed by atoms with E-state index >= 15 is 0 Å². The van der Waals surface area contributed by atoms with Gasteiger partial charge in [0, 0.05) is 0 Å². The lowest BCUT2D eigenvalue weighted by Crippen LogP contribution is -2.40. The number of hydrogen-bond donors (Lipinski definition) is 1. The average molecular weight is 358 g/mol. The van der Waals surface area contributed by atoms with Gasteiger partial charge >= 0.3 is 21.3 Å². The maximum absolute atomic E-state index is 13.1. The van der Waals surface area contributed by atoms with Gasteiger partial charge in [0.25, 0.3) is 0 Å². The lowest BCUT2D eigenvalue weighted by Gasteiger charge is -2.12. The molecule has 0 spiro atoms. The predicted octanol–water partition coefficient (Wildman–Crippen LogP) is 3.17. The van der Waals surface area contributed by atoms with Gasteiger partial charge in [-0.1, -0.05) is 18.2 Å². The van der Waals surface area contributed by atoms with Gasteiger partial charge in [-0.2, -0.15) is 17.2 Å². The molecule has 2 aromatic rings. The van der Waals surface area contributed by atoms with Crippen molar-refractivity contribution in [1.29, 1.82) is 0 Å². The van der Waals surface area contributed by atoms with Crippen LogP contribution in [0.15, 0.2) is 48.5 Å². The maximum atomic E-state index is 13.1. The van der Waals surface area contributed by atoms with Crippen molar-refractivity contribution in [2.24, 2.45) is 0 Å². The van der Waals surface area contributed by atoms with E-state index in [4.69, 9.17) is 9.29 Å². The zero-order valence-electron chi connectivity index (χ0n) is 12.3. The van der Waals surface area contributed by atoms with Crippen LogP contribution in [0.4, 0.5) is 8.78 Å². The molecule has 0 heterocycles.